The van der Waals surface area contributed by atoms with Crippen molar-refractivity contribution in [3.8, 4) is 11.3 Å². The van der Waals surface area contributed by atoms with Gasteiger partial charge in [0.1, 0.15) is 5.65 Å². The maximum atomic E-state index is 13.1. The molecule has 4 rings (SSSR count). The number of hydrogen-bond acceptors (Lipinski definition) is 4. The summed E-state index contributed by atoms with van der Waals surface area (Å²) in [4.78, 5) is 25.4. The molecule has 1 saturated heterocycles. The molecule has 3 heterocycles. The van der Waals surface area contributed by atoms with Crippen LogP contribution in [0.5, 0.6) is 0 Å². The van der Waals surface area contributed by atoms with Crippen LogP contribution in [0.25, 0.3) is 16.9 Å². The number of nitrogens with zero attached hydrogens (tertiary/aromatic N) is 3. The molecule has 0 aliphatic carbocycles. The first-order chi connectivity index (χ1) is 14.5. The number of rotatable bonds is 6. The molecule has 1 aliphatic rings. The Morgan fingerprint density at radius 1 is 1.30 bits per heavy atom. The van der Waals surface area contributed by atoms with Crippen LogP contribution in [0.15, 0.2) is 35.1 Å². The summed E-state index contributed by atoms with van der Waals surface area (Å²) >= 11 is 0. The SMILES string of the molecule is Cc1ccccc1-c1cc2n(C)c(C)c(CCC(=O)NCC3CCCO3)c(=O)n2n1. The second-order valence-corrected chi connectivity index (χ2v) is 7.98. The van der Waals surface area contributed by atoms with Gasteiger partial charge in [-0.3, -0.25) is 9.59 Å². The molecule has 0 saturated carbocycles. The monoisotopic (exact) mass is 408 g/mol. The topological polar surface area (TPSA) is 77.6 Å². The Kier molecular flexibility index (Phi) is 5.72. The third-order valence-electron chi connectivity index (χ3n) is 6.00. The van der Waals surface area contributed by atoms with Crippen molar-refractivity contribution < 1.29 is 9.53 Å². The fraction of sp³-hybridized carbons (Fsp3) is 0.435. The average Bonchev–Trinajstić information content (AvgIpc) is 3.41. The van der Waals surface area contributed by atoms with E-state index in [9.17, 15) is 9.59 Å². The van der Waals surface area contributed by atoms with Crippen LogP contribution in [0.3, 0.4) is 0 Å². The molecular weight excluding hydrogens is 380 g/mol. The summed E-state index contributed by atoms with van der Waals surface area (Å²) in [6, 6.07) is 9.93. The van der Waals surface area contributed by atoms with Gasteiger partial charge < -0.3 is 14.6 Å². The number of aromatic nitrogens is 3. The normalized spacial score (nSPS) is 16.3. The second kappa shape index (κ2) is 8.44. The molecule has 1 atom stereocenters. The lowest BCUT2D eigenvalue weighted by Gasteiger charge is -2.13. The van der Waals surface area contributed by atoms with Crippen LogP contribution >= 0.6 is 0 Å². The van der Waals surface area contributed by atoms with Crippen molar-refractivity contribution in [3.63, 3.8) is 0 Å². The molecule has 3 aromatic rings. The summed E-state index contributed by atoms with van der Waals surface area (Å²) in [6.07, 6.45) is 2.79. The summed E-state index contributed by atoms with van der Waals surface area (Å²) in [6.45, 7) is 5.25. The summed E-state index contributed by atoms with van der Waals surface area (Å²) < 4.78 is 8.96. The number of aryl methyl sites for hydroxylation is 2. The number of amides is 1. The van der Waals surface area contributed by atoms with Gasteiger partial charge in [-0.05, 0) is 38.7 Å². The molecule has 0 bridgehead atoms. The molecule has 1 unspecified atom stereocenters. The van der Waals surface area contributed by atoms with Crippen molar-refractivity contribution in [2.24, 2.45) is 7.05 Å². The van der Waals surface area contributed by atoms with E-state index in [0.29, 0.717) is 18.5 Å². The number of ether oxygens (including phenoxy) is 1. The smallest absolute Gasteiger partial charge is 0.277 e. The number of benzene rings is 1. The maximum Gasteiger partial charge on any atom is 0.277 e. The first-order valence-electron chi connectivity index (χ1n) is 10.5. The zero-order valence-corrected chi connectivity index (χ0v) is 17.8. The van der Waals surface area contributed by atoms with E-state index in [4.69, 9.17) is 4.74 Å². The number of hydrogen-bond donors (Lipinski definition) is 1. The summed E-state index contributed by atoms with van der Waals surface area (Å²) in [5.41, 5.74) is 4.94. The van der Waals surface area contributed by atoms with Gasteiger partial charge in [-0.15, -0.1) is 0 Å². The van der Waals surface area contributed by atoms with Crippen molar-refractivity contribution >= 4 is 11.6 Å². The Morgan fingerprint density at radius 3 is 2.83 bits per heavy atom. The quantitative estimate of drug-likeness (QED) is 0.680. The minimum atomic E-state index is -0.160. The Balaban J connectivity index is 1.57. The lowest BCUT2D eigenvalue weighted by Crippen LogP contribution is -2.32. The van der Waals surface area contributed by atoms with Crippen LogP contribution < -0.4 is 10.9 Å². The van der Waals surface area contributed by atoms with Crippen molar-refractivity contribution in [2.75, 3.05) is 13.2 Å². The molecule has 7 heteroatoms. The molecule has 1 N–H and O–H groups in total. The molecule has 1 aromatic carbocycles. The van der Waals surface area contributed by atoms with Gasteiger partial charge in [0.15, 0.2) is 0 Å². The van der Waals surface area contributed by atoms with Crippen LogP contribution in [-0.2, 0) is 23.0 Å². The van der Waals surface area contributed by atoms with Crippen molar-refractivity contribution in [2.45, 2.75) is 45.6 Å². The Morgan fingerprint density at radius 2 is 2.10 bits per heavy atom. The molecule has 1 amide bonds. The van der Waals surface area contributed by atoms with E-state index in [-0.39, 0.29) is 24.0 Å². The second-order valence-electron chi connectivity index (χ2n) is 7.98. The first kappa shape index (κ1) is 20.3. The highest BCUT2D eigenvalue weighted by atomic mass is 16.5. The van der Waals surface area contributed by atoms with Gasteiger partial charge in [0.2, 0.25) is 5.91 Å². The molecule has 30 heavy (non-hydrogen) atoms. The van der Waals surface area contributed by atoms with Gasteiger partial charge in [-0.1, -0.05) is 24.3 Å². The highest BCUT2D eigenvalue weighted by molar-refractivity contribution is 5.76. The molecule has 7 nitrogen and oxygen atoms in total. The predicted octanol–water partition coefficient (Wildman–Crippen LogP) is 2.54. The third-order valence-corrected chi connectivity index (χ3v) is 6.00. The molecule has 0 spiro atoms. The van der Waals surface area contributed by atoms with E-state index in [1.54, 1.807) is 0 Å². The number of carbonyl (C=O) groups excluding carboxylic acids is 1. The van der Waals surface area contributed by atoms with E-state index in [2.05, 4.69) is 10.4 Å². The first-order valence-corrected chi connectivity index (χ1v) is 10.5. The van der Waals surface area contributed by atoms with Gasteiger partial charge in [-0.25, -0.2) is 0 Å². The van der Waals surface area contributed by atoms with Crippen LogP contribution in [-0.4, -0.2) is 39.3 Å². The number of fused-ring (bicyclic) bond motifs is 1. The van der Waals surface area contributed by atoms with Crippen molar-refractivity contribution in [3.05, 3.63) is 57.5 Å². The zero-order chi connectivity index (χ0) is 21.3. The lowest BCUT2D eigenvalue weighted by atomic mass is 10.1. The summed E-state index contributed by atoms with van der Waals surface area (Å²) in [5.74, 6) is -0.0619. The molecule has 1 aliphatic heterocycles. The van der Waals surface area contributed by atoms with Gasteiger partial charge in [-0.2, -0.15) is 9.61 Å². The third kappa shape index (κ3) is 3.89. The molecule has 2 aromatic heterocycles. The maximum absolute atomic E-state index is 13.1. The van der Waals surface area contributed by atoms with E-state index < -0.39 is 0 Å². The van der Waals surface area contributed by atoms with Crippen LogP contribution in [0.4, 0.5) is 0 Å². The highest BCUT2D eigenvalue weighted by Crippen LogP contribution is 2.23. The summed E-state index contributed by atoms with van der Waals surface area (Å²) in [5, 5.41) is 7.51. The van der Waals surface area contributed by atoms with Crippen molar-refractivity contribution in [1.82, 2.24) is 19.5 Å². The fourth-order valence-electron chi connectivity index (χ4n) is 4.06. The van der Waals surface area contributed by atoms with Gasteiger partial charge in [0, 0.05) is 49.5 Å². The molecular formula is C23H28N4O3. The molecule has 0 radical (unpaired) electrons. The Hall–Kier alpha value is -2.93. The Bertz CT molecular complexity index is 1140. The van der Waals surface area contributed by atoms with Crippen LogP contribution in [0, 0.1) is 13.8 Å². The van der Waals surface area contributed by atoms with Gasteiger partial charge in [0.25, 0.3) is 5.56 Å². The van der Waals surface area contributed by atoms with Gasteiger partial charge >= 0.3 is 0 Å². The van der Waals surface area contributed by atoms with E-state index >= 15 is 0 Å². The van der Waals surface area contributed by atoms with Crippen molar-refractivity contribution in [1.29, 1.82) is 0 Å². The Labute approximate surface area is 175 Å². The standard InChI is InChI=1S/C23H28N4O3/c1-15-7-4-5-9-18(15)20-13-22-26(3)16(2)19(23(29)27(22)25-20)10-11-21(28)24-14-17-8-6-12-30-17/h4-5,7,9,13,17H,6,8,10-12,14H2,1-3H3,(H,24,28). The minimum absolute atomic E-state index is 0.0619. The van der Waals surface area contributed by atoms with E-state index in [0.717, 1.165) is 47.6 Å². The largest absolute Gasteiger partial charge is 0.376 e. The van der Waals surface area contributed by atoms with Gasteiger partial charge in [0.05, 0.1) is 11.8 Å². The fourth-order valence-corrected chi connectivity index (χ4v) is 4.06. The number of carbonyl (C=O) groups is 1. The molecule has 158 valence electrons. The summed E-state index contributed by atoms with van der Waals surface area (Å²) in [7, 11) is 1.93. The predicted molar refractivity (Wildman–Crippen MR) is 116 cm³/mol. The molecule has 1 fully saturated rings. The van der Waals surface area contributed by atoms with E-state index in [1.807, 2.05) is 55.8 Å². The zero-order valence-electron chi connectivity index (χ0n) is 17.8. The van der Waals surface area contributed by atoms with Crippen LogP contribution in [0.2, 0.25) is 0 Å². The highest BCUT2D eigenvalue weighted by Gasteiger charge is 2.19. The average molecular weight is 409 g/mol. The minimum Gasteiger partial charge on any atom is -0.376 e. The number of nitrogens with one attached hydrogen (secondary N) is 1. The lowest BCUT2D eigenvalue weighted by molar-refractivity contribution is -0.121. The van der Waals surface area contributed by atoms with Crippen LogP contribution in [0.1, 0.15) is 36.1 Å². The van der Waals surface area contributed by atoms with E-state index in [1.165, 1.54) is 4.52 Å².